The zero-order valence-electron chi connectivity index (χ0n) is 20.7. The highest BCUT2D eigenvalue weighted by Gasteiger charge is 2.15. The molecule has 0 saturated carbocycles. The van der Waals surface area contributed by atoms with Crippen LogP contribution in [0.15, 0.2) is 70.1 Å². The van der Waals surface area contributed by atoms with E-state index in [1.807, 2.05) is 19.1 Å². The average Bonchev–Trinajstić information content (AvgIpc) is 3.22. The van der Waals surface area contributed by atoms with Gasteiger partial charge in [-0.15, -0.1) is 0 Å². The van der Waals surface area contributed by atoms with Gasteiger partial charge in [0.15, 0.2) is 0 Å². The number of nitrogen functional groups attached to an aromatic ring is 1. The molecule has 9 nitrogen and oxygen atoms in total. The molecule has 1 aliphatic carbocycles. The monoisotopic (exact) mass is 514 g/mol. The van der Waals surface area contributed by atoms with Gasteiger partial charge >= 0.3 is 0 Å². The van der Waals surface area contributed by atoms with Crippen LogP contribution in [0.5, 0.6) is 0 Å². The maximum atomic E-state index is 13.0. The second-order valence-electron chi connectivity index (χ2n) is 8.52. The van der Waals surface area contributed by atoms with Crippen molar-refractivity contribution in [2.45, 2.75) is 19.8 Å². The van der Waals surface area contributed by atoms with Crippen LogP contribution in [0.3, 0.4) is 0 Å². The van der Waals surface area contributed by atoms with Crippen molar-refractivity contribution in [3.8, 4) is 11.8 Å². The van der Waals surface area contributed by atoms with Crippen LogP contribution in [0.25, 0.3) is 0 Å². The third-order valence-corrected chi connectivity index (χ3v) is 7.21. The summed E-state index contributed by atoms with van der Waals surface area (Å²) in [5.74, 6) is 5.11. The number of rotatable bonds is 4. The van der Waals surface area contributed by atoms with Gasteiger partial charge in [0.2, 0.25) is 0 Å². The van der Waals surface area contributed by atoms with Crippen LogP contribution in [0.2, 0.25) is 0 Å². The lowest BCUT2D eigenvalue weighted by Crippen LogP contribution is -2.16. The molecule has 0 radical (unpaired) electrons. The molecule has 10 heteroatoms. The average molecular weight is 515 g/mol. The molecule has 0 spiro atoms. The third kappa shape index (κ3) is 6.20. The van der Waals surface area contributed by atoms with Gasteiger partial charge in [-0.3, -0.25) is 14.3 Å². The van der Waals surface area contributed by atoms with E-state index in [1.54, 1.807) is 43.5 Å². The number of nitrogens with one attached hydrogen (secondary N) is 1. The van der Waals surface area contributed by atoms with Gasteiger partial charge in [-0.25, -0.2) is 9.19 Å². The van der Waals surface area contributed by atoms with Crippen LogP contribution in [-0.2, 0) is 16.8 Å². The van der Waals surface area contributed by atoms with E-state index < -0.39 is 15.6 Å². The number of nitrogens with zero attached hydrogens (tertiary/aromatic N) is 4. The number of hydrogen-bond donors (Lipinski definition) is 2. The summed E-state index contributed by atoms with van der Waals surface area (Å²) in [7, 11) is -1.17. The number of hydrogen-bond acceptors (Lipinski definition) is 6. The van der Waals surface area contributed by atoms with Crippen molar-refractivity contribution in [1.82, 2.24) is 14.8 Å². The molecule has 1 aliphatic rings. The van der Waals surface area contributed by atoms with Gasteiger partial charge in [0.1, 0.15) is 11.5 Å². The summed E-state index contributed by atoms with van der Waals surface area (Å²) < 4.78 is 18.5. The van der Waals surface area contributed by atoms with E-state index in [4.69, 9.17) is 5.73 Å². The van der Waals surface area contributed by atoms with Crippen LogP contribution in [0.1, 0.15) is 50.5 Å². The van der Waals surface area contributed by atoms with Gasteiger partial charge in [0.05, 0.1) is 26.5 Å². The summed E-state index contributed by atoms with van der Waals surface area (Å²) >= 11 is 0. The maximum Gasteiger partial charge on any atom is 0.286 e. The number of nitrogens with two attached hydrogens (primary N) is 1. The fourth-order valence-corrected chi connectivity index (χ4v) is 4.96. The number of aromatic nitrogens is 3. The lowest BCUT2D eigenvalue weighted by molar-refractivity contribution is 0.0999. The number of pyridine rings is 1. The number of amides is 2. The molecule has 37 heavy (non-hydrogen) atoms. The van der Waals surface area contributed by atoms with Gasteiger partial charge in [-0.1, -0.05) is 30.1 Å². The summed E-state index contributed by atoms with van der Waals surface area (Å²) in [6, 6.07) is 10.2. The molecule has 2 amide bonds. The minimum absolute atomic E-state index is 0.140. The lowest BCUT2D eigenvalue weighted by Gasteiger charge is -2.08. The molecule has 1 aromatic carbocycles. The molecule has 0 saturated heterocycles. The molecule has 0 fully saturated rings. The van der Waals surface area contributed by atoms with E-state index in [9.17, 15) is 13.8 Å². The molecular weight excluding hydrogens is 488 g/mol. The third-order valence-electron chi connectivity index (χ3n) is 5.52. The van der Waals surface area contributed by atoms with Crippen LogP contribution < -0.4 is 11.1 Å². The summed E-state index contributed by atoms with van der Waals surface area (Å²) in [6.45, 7) is 1.82. The van der Waals surface area contributed by atoms with Gasteiger partial charge in [-0.05, 0) is 56.2 Å². The van der Waals surface area contributed by atoms with Crippen molar-refractivity contribution in [3.05, 3.63) is 93.8 Å². The van der Waals surface area contributed by atoms with Gasteiger partial charge in [0.25, 0.3) is 11.8 Å². The fraction of sp³-hybridized carbons (Fsp3) is 0.185. The Morgan fingerprint density at radius 1 is 1.19 bits per heavy atom. The first kappa shape index (κ1) is 25.6. The summed E-state index contributed by atoms with van der Waals surface area (Å²) in [4.78, 5) is 29.9. The zero-order valence-corrected chi connectivity index (χ0v) is 21.5. The molecule has 0 bridgehead atoms. The minimum Gasteiger partial charge on any atom is -0.383 e. The highest BCUT2D eigenvalue weighted by Crippen LogP contribution is 2.19. The van der Waals surface area contributed by atoms with E-state index >= 15 is 0 Å². The second-order valence-corrected chi connectivity index (χ2v) is 10.8. The SMILES string of the molecule is Cc1cc(C(=O)Nc2cccc(C#Cc3cc(C(=O)N=S(C)(=O)C4=CCCC=C4)cnc3N)c2)n(C)n1. The maximum absolute atomic E-state index is 13.0. The van der Waals surface area contributed by atoms with E-state index in [-0.39, 0.29) is 17.3 Å². The standard InChI is InChI=1S/C27H26N6O3S/c1-18-14-24(33(2)31-18)27(35)30-22-9-7-8-19(15-22)12-13-20-16-21(17-29-25(20)28)26(34)32-37(3,36)23-10-5-4-6-11-23/h5,7-11,14-17H,4,6H2,1-3H3,(H2,28,29)(H,30,35). The first-order chi connectivity index (χ1) is 17.6. The molecule has 2 aromatic heterocycles. The Kier molecular flexibility index (Phi) is 7.36. The van der Waals surface area contributed by atoms with Crippen molar-refractivity contribution in [1.29, 1.82) is 0 Å². The van der Waals surface area contributed by atoms with Crippen molar-refractivity contribution >= 4 is 33.0 Å². The minimum atomic E-state index is -2.88. The molecule has 4 rings (SSSR count). The number of aryl methyl sites for hydroxylation is 2. The molecule has 1 unspecified atom stereocenters. The van der Waals surface area contributed by atoms with Gasteiger partial charge < -0.3 is 11.1 Å². The Morgan fingerprint density at radius 3 is 2.70 bits per heavy atom. The molecule has 3 aromatic rings. The first-order valence-electron chi connectivity index (χ1n) is 11.5. The largest absolute Gasteiger partial charge is 0.383 e. The Morgan fingerprint density at radius 2 is 2.00 bits per heavy atom. The Balaban J connectivity index is 1.55. The van der Waals surface area contributed by atoms with Gasteiger partial charge in [-0.2, -0.15) is 9.46 Å². The van der Waals surface area contributed by atoms with Crippen molar-refractivity contribution < 1.29 is 13.8 Å². The Labute approximate surface area is 215 Å². The smallest absolute Gasteiger partial charge is 0.286 e. The normalized spacial score (nSPS) is 14.1. The van der Waals surface area contributed by atoms with Crippen molar-refractivity contribution in [2.24, 2.45) is 11.4 Å². The molecule has 1 atom stereocenters. The summed E-state index contributed by atoms with van der Waals surface area (Å²) in [5, 5.41) is 7.03. The summed E-state index contributed by atoms with van der Waals surface area (Å²) in [6.07, 6.45) is 9.87. The van der Waals surface area contributed by atoms with Gasteiger partial charge in [0, 0.05) is 35.7 Å². The van der Waals surface area contributed by atoms with E-state index in [0.29, 0.717) is 27.4 Å². The van der Waals surface area contributed by atoms with Crippen molar-refractivity contribution in [2.75, 3.05) is 17.3 Å². The predicted octanol–water partition coefficient (Wildman–Crippen LogP) is 3.83. The summed E-state index contributed by atoms with van der Waals surface area (Å²) in [5.41, 5.74) is 8.82. The first-order valence-corrected chi connectivity index (χ1v) is 13.4. The highest BCUT2D eigenvalue weighted by molar-refractivity contribution is 7.97. The fourth-order valence-electron chi connectivity index (χ4n) is 3.66. The lowest BCUT2D eigenvalue weighted by atomic mass is 10.1. The number of benzene rings is 1. The number of carbonyl (C=O) groups is 2. The molecular formula is C27H26N6O3S. The van der Waals surface area contributed by atoms with Crippen LogP contribution in [0, 0.1) is 18.8 Å². The van der Waals surface area contributed by atoms with Crippen molar-refractivity contribution in [3.63, 3.8) is 0 Å². The Hall–Kier alpha value is -4.49. The molecule has 2 heterocycles. The Bertz CT molecular complexity index is 1650. The number of carbonyl (C=O) groups excluding carboxylic acids is 2. The van der Waals surface area contributed by atoms with Crippen LogP contribution >= 0.6 is 0 Å². The number of allylic oxidation sites excluding steroid dienone is 3. The van der Waals surface area contributed by atoms with E-state index in [1.165, 1.54) is 23.2 Å². The molecule has 188 valence electrons. The molecule has 0 aliphatic heterocycles. The van der Waals surface area contributed by atoms with Crippen LogP contribution in [0.4, 0.5) is 11.5 Å². The quantitative estimate of drug-likeness (QED) is 0.509. The van der Waals surface area contributed by atoms with E-state index in [2.05, 4.69) is 31.6 Å². The number of anilines is 2. The molecule has 3 N–H and O–H groups in total. The van der Waals surface area contributed by atoms with E-state index in [0.717, 1.165) is 18.5 Å². The highest BCUT2D eigenvalue weighted by atomic mass is 32.2. The second kappa shape index (κ2) is 10.6. The van der Waals surface area contributed by atoms with Crippen LogP contribution in [-0.4, -0.2) is 37.0 Å². The predicted molar refractivity (Wildman–Crippen MR) is 144 cm³/mol. The zero-order chi connectivity index (χ0) is 26.6. The topological polar surface area (TPSA) is 132 Å².